The maximum atomic E-state index is 14.2. The highest BCUT2D eigenvalue weighted by atomic mass is 19.4. The average Bonchev–Trinajstić information content (AvgIpc) is 3.81. The molecule has 7 nitrogen and oxygen atoms in total. The van der Waals surface area contributed by atoms with E-state index in [0.717, 1.165) is 61.1 Å². The van der Waals surface area contributed by atoms with Gasteiger partial charge < -0.3 is 24.6 Å². The molecule has 3 aromatic carbocycles. The number of nitrogens with one attached hydrogen (secondary N) is 1. The van der Waals surface area contributed by atoms with Gasteiger partial charge in [-0.2, -0.15) is 13.2 Å². The Morgan fingerprint density at radius 2 is 1.64 bits per heavy atom. The van der Waals surface area contributed by atoms with Crippen LogP contribution in [0, 0.1) is 0 Å². The smallest absolute Gasteiger partial charge is 0.416 e. The van der Waals surface area contributed by atoms with Gasteiger partial charge in [0.25, 0.3) is 5.91 Å². The number of carbonyl (C=O) groups excluding carboxylic acids is 1. The van der Waals surface area contributed by atoms with Crippen molar-refractivity contribution in [2.24, 2.45) is 0 Å². The zero-order valence-corrected chi connectivity index (χ0v) is 24.2. The molecule has 0 radical (unpaired) electrons. The quantitative estimate of drug-likeness (QED) is 0.247. The fourth-order valence-corrected chi connectivity index (χ4v) is 6.44. The lowest BCUT2D eigenvalue weighted by Crippen LogP contribution is -2.42. The number of likely N-dealkylation sites (tertiary alicyclic amines) is 2. The Kier molecular flexibility index (Phi) is 7.53. The van der Waals surface area contributed by atoms with Crippen molar-refractivity contribution < 1.29 is 27.4 Å². The third-order valence-corrected chi connectivity index (χ3v) is 8.80. The number of ether oxygens (including phenoxy) is 2. The van der Waals surface area contributed by atoms with Crippen LogP contribution in [0.1, 0.15) is 47.2 Å². The van der Waals surface area contributed by atoms with Crippen molar-refractivity contribution in [3.8, 4) is 22.6 Å². The van der Waals surface area contributed by atoms with Crippen LogP contribution in [0.5, 0.6) is 11.5 Å². The number of anilines is 1. The molecule has 3 aliphatic rings. The molecule has 0 saturated carbocycles. The number of hydrogen-bond acceptors (Lipinski definition) is 6. The van der Waals surface area contributed by atoms with E-state index in [1.165, 1.54) is 25.0 Å². The van der Waals surface area contributed by atoms with Crippen molar-refractivity contribution in [3.63, 3.8) is 0 Å². The van der Waals surface area contributed by atoms with E-state index in [0.29, 0.717) is 40.5 Å². The number of halogens is 3. The summed E-state index contributed by atoms with van der Waals surface area (Å²) in [6.07, 6.45) is -0.0934. The minimum atomic E-state index is -4.40. The first-order valence-corrected chi connectivity index (χ1v) is 15.1. The highest BCUT2D eigenvalue weighted by Crippen LogP contribution is 2.37. The summed E-state index contributed by atoms with van der Waals surface area (Å²) in [6.45, 7) is 4.12. The zero-order chi connectivity index (χ0) is 30.3. The number of benzene rings is 3. The molecule has 228 valence electrons. The van der Waals surface area contributed by atoms with Crippen molar-refractivity contribution in [1.82, 2.24) is 14.8 Å². The van der Waals surface area contributed by atoms with Crippen LogP contribution in [0.3, 0.4) is 0 Å². The Balaban J connectivity index is 1.21. The SMILES string of the molecule is O=C(c1cc2cc(-c3ccc4c(c3)OCO4)ccc2nc1NCc1ccc(C(F)(F)F)cc1)N1CCCC1CN1CCCC1. The second kappa shape index (κ2) is 11.6. The van der Waals surface area contributed by atoms with Gasteiger partial charge in [-0.1, -0.05) is 24.3 Å². The molecule has 0 bridgehead atoms. The van der Waals surface area contributed by atoms with Crippen molar-refractivity contribution in [1.29, 1.82) is 0 Å². The number of nitrogens with zero attached hydrogens (tertiary/aromatic N) is 3. The first-order valence-electron chi connectivity index (χ1n) is 15.1. The first kappa shape index (κ1) is 28.5. The molecular formula is C34H33F3N4O3. The number of hydrogen-bond donors (Lipinski definition) is 1. The summed E-state index contributed by atoms with van der Waals surface area (Å²) in [6, 6.07) is 18.8. The van der Waals surface area contributed by atoms with Crippen LogP contribution in [0.15, 0.2) is 66.7 Å². The van der Waals surface area contributed by atoms with Gasteiger partial charge in [0.1, 0.15) is 5.82 Å². The largest absolute Gasteiger partial charge is 0.454 e. The lowest BCUT2D eigenvalue weighted by atomic mass is 10.0. The number of pyridine rings is 1. The summed E-state index contributed by atoms with van der Waals surface area (Å²) < 4.78 is 50.3. The Morgan fingerprint density at radius 1 is 0.886 bits per heavy atom. The molecule has 2 saturated heterocycles. The monoisotopic (exact) mass is 602 g/mol. The van der Waals surface area contributed by atoms with E-state index in [4.69, 9.17) is 14.5 Å². The highest BCUT2D eigenvalue weighted by molar-refractivity contribution is 6.03. The summed E-state index contributed by atoms with van der Waals surface area (Å²) in [5.74, 6) is 1.74. The molecule has 7 rings (SSSR count). The van der Waals surface area contributed by atoms with Crippen molar-refractivity contribution in [3.05, 3.63) is 83.4 Å². The molecular weight excluding hydrogens is 569 g/mol. The van der Waals surface area contributed by atoms with Crippen LogP contribution < -0.4 is 14.8 Å². The van der Waals surface area contributed by atoms with Gasteiger partial charge in [0, 0.05) is 31.1 Å². The minimum absolute atomic E-state index is 0.0792. The predicted molar refractivity (Wildman–Crippen MR) is 162 cm³/mol. The molecule has 3 aliphatic heterocycles. The molecule has 0 spiro atoms. The second-order valence-corrected chi connectivity index (χ2v) is 11.7. The first-order chi connectivity index (χ1) is 21.3. The molecule has 1 aromatic heterocycles. The number of aromatic nitrogens is 1. The van der Waals surface area contributed by atoms with Crippen LogP contribution in [-0.4, -0.2) is 59.7 Å². The average molecular weight is 603 g/mol. The lowest BCUT2D eigenvalue weighted by Gasteiger charge is -2.29. The van der Waals surface area contributed by atoms with Gasteiger partial charge in [0.15, 0.2) is 11.5 Å². The predicted octanol–water partition coefficient (Wildman–Crippen LogP) is 6.96. The van der Waals surface area contributed by atoms with Gasteiger partial charge in [-0.05, 0) is 97.9 Å². The minimum Gasteiger partial charge on any atom is -0.454 e. The van der Waals surface area contributed by atoms with Crippen molar-refractivity contribution in [2.75, 3.05) is 38.3 Å². The summed E-state index contributed by atoms with van der Waals surface area (Å²) >= 11 is 0. The lowest BCUT2D eigenvalue weighted by molar-refractivity contribution is -0.137. The van der Waals surface area contributed by atoms with Gasteiger partial charge in [0.2, 0.25) is 6.79 Å². The molecule has 44 heavy (non-hydrogen) atoms. The van der Waals surface area contributed by atoms with Crippen molar-refractivity contribution in [2.45, 2.75) is 44.4 Å². The van der Waals surface area contributed by atoms with Gasteiger partial charge in [-0.15, -0.1) is 0 Å². The van der Waals surface area contributed by atoms with Gasteiger partial charge in [0.05, 0.1) is 16.6 Å². The van der Waals surface area contributed by atoms with Crippen LogP contribution >= 0.6 is 0 Å². The van der Waals surface area contributed by atoms with Crippen LogP contribution in [0.25, 0.3) is 22.0 Å². The number of carbonyl (C=O) groups is 1. The van der Waals surface area contributed by atoms with E-state index in [1.54, 1.807) is 0 Å². The van der Waals surface area contributed by atoms with E-state index >= 15 is 0 Å². The fourth-order valence-electron chi connectivity index (χ4n) is 6.44. The van der Waals surface area contributed by atoms with Gasteiger partial charge >= 0.3 is 6.18 Å². The molecule has 4 aromatic rings. The van der Waals surface area contributed by atoms with E-state index in [1.807, 2.05) is 47.4 Å². The molecule has 1 unspecified atom stereocenters. The number of amides is 1. The molecule has 1 amide bonds. The van der Waals surface area contributed by atoms with Crippen LogP contribution in [-0.2, 0) is 12.7 Å². The maximum absolute atomic E-state index is 14.2. The van der Waals surface area contributed by atoms with E-state index in [9.17, 15) is 18.0 Å². The van der Waals surface area contributed by atoms with Gasteiger partial charge in [-0.3, -0.25) is 4.79 Å². The number of rotatable bonds is 7. The molecule has 10 heteroatoms. The molecule has 1 atom stereocenters. The molecule has 0 aliphatic carbocycles. The summed E-state index contributed by atoms with van der Waals surface area (Å²) in [5, 5.41) is 4.08. The van der Waals surface area contributed by atoms with E-state index in [2.05, 4.69) is 10.2 Å². The molecule has 2 fully saturated rings. The van der Waals surface area contributed by atoms with Crippen LogP contribution in [0.2, 0.25) is 0 Å². The molecule has 1 N–H and O–H groups in total. The van der Waals surface area contributed by atoms with Crippen molar-refractivity contribution >= 4 is 22.6 Å². The fraction of sp³-hybridized carbons (Fsp3) is 0.353. The van der Waals surface area contributed by atoms with E-state index in [-0.39, 0.29) is 25.3 Å². The van der Waals surface area contributed by atoms with Gasteiger partial charge in [-0.25, -0.2) is 4.98 Å². The second-order valence-electron chi connectivity index (χ2n) is 11.7. The highest BCUT2D eigenvalue weighted by Gasteiger charge is 2.33. The number of alkyl halides is 3. The Labute approximate surface area is 253 Å². The number of fused-ring (bicyclic) bond motifs is 2. The normalized spacial score (nSPS) is 18.3. The Morgan fingerprint density at radius 3 is 2.43 bits per heavy atom. The maximum Gasteiger partial charge on any atom is 0.416 e. The van der Waals surface area contributed by atoms with E-state index < -0.39 is 11.7 Å². The standard InChI is InChI=1S/C34H33F3N4O3/c35-34(36,37)26-9-5-22(6-10-26)19-38-32-28(33(42)41-15-3-4-27(41)20-40-13-1-2-14-40)17-25-16-23(7-11-29(25)39-32)24-8-12-30-31(18-24)44-21-43-30/h5-12,16-18,27H,1-4,13-15,19-21H2,(H,38,39). The third kappa shape index (κ3) is 5.78. The molecule has 4 heterocycles. The summed E-state index contributed by atoms with van der Waals surface area (Å²) in [5.41, 5.74) is 3.03. The summed E-state index contributed by atoms with van der Waals surface area (Å²) in [7, 11) is 0. The Bertz CT molecular complexity index is 1690. The van der Waals surface area contributed by atoms with Crippen LogP contribution in [0.4, 0.5) is 19.0 Å². The topological polar surface area (TPSA) is 66.9 Å². The summed E-state index contributed by atoms with van der Waals surface area (Å²) in [4.78, 5) is 23.5. The third-order valence-electron chi connectivity index (χ3n) is 8.80. The zero-order valence-electron chi connectivity index (χ0n) is 24.2. The Hall–Kier alpha value is -4.31.